The summed E-state index contributed by atoms with van der Waals surface area (Å²) in [6.07, 6.45) is 3.50. The molecule has 0 bridgehead atoms. The summed E-state index contributed by atoms with van der Waals surface area (Å²) < 4.78 is 2.12. The van der Waals surface area contributed by atoms with Gasteiger partial charge in [-0.1, -0.05) is 20.8 Å². The maximum atomic E-state index is 4.72. The van der Waals surface area contributed by atoms with Crippen molar-refractivity contribution in [1.29, 1.82) is 0 Å². The molecule has 0 saturated heterocycles. The summed E-state index contributed by atoms with van der Waals surface area (Å²) in [6.45, 7) is 16.8. The quantitative estimate of drug-likeness (QED) is 0.905. The highest BCUT2D eigenvalue weighted by molar-refractivity contribution is 5.29. The molecule has 3 nitrogen and oxygen atoms in total. The molecule has 1 aliphatic rings. The van der Waals surface area contributed by atoms with E-state index in [2.05, 4.69) is 64.7 Å². The van der Waals surface area contributed by atoms with Crippen LogP contribution in [0.15, 0.2) is 6.20 Å². The first kappa shape index (κ1) is 14.6. The molecule has 2 rings (SSSR count). The van der Waals surface area contributed by atoms with Crippen LogP contribution in [0.4, 0.5) is 0 Å². The van der Waals surface area contributed by atoms with Crippen LogP contribution in [0.25, 0.3) is 0 Å². The van der Waals surface area contributed by atoms with Crippen molar-refractivity contribution >= 4 is 0 Å². The average molecular weight is 263 g/mol. The monoisotopic (exact) mass is 263 g/mol. The van der Waals surface area contributed by atoms with Gasteiger partial charge in [0.05, 0.1) is 11.2 Å². The maximum absolute atomic E-state index is 4.72. The number of nitrogens with zero attached hydrogens (tertiary/aromatic N) is 2. The molecule has 2 atom stereocenters. The highest BCUT2D eigenvalue weighted by Crippen LogP contribution is 2.53. The molecule has 1 heterocycles. The van der Waals surface area contributed by atoms with Crippen LogP contribution in [0.2, 0.25) is 0 Å². The van der Waals surface area contributed by atoms with Gasteiger partial charge in [0.25, 0.3) is 0 Å². The van der Waals surface area contributed by atoms with Crippen molar-refractivity contribution in [1.82, 2.24) is 15.1 Å². The van der Waals surface area contributed by atoms with Crippen LogP contribution in [-0.4, -0.2) is 22.4 Å². The Labute approximate surface area is 117 Å². The van der Waals surface area contributed by atoms with Gasteiger partial charge in [-0.15, -0.1) is 0 Å². The number of rotatable bonds is 3. The van der Waals surface area contributed by atoms with Gasteiger partial charge in [0.15, 0.2) is 0 Å². The standard InChI is InChI=1S/C16H29N3/c1-8-17-14-9-13(16(14,6)7)12-10-19(15(3,4)5)18-11(12)2/h10,13-14,17H,8-9H2,1-7H3. The molecule has 0 amide bonds. The second kappa shape index (κ2) is 4.62. The van der Waals surface area contributed by atoms with Gasteiger partial charge in [-0.2, -0.15) is 5.10 Å². The van der Waals surface area contributed by atoms with Crippen LogP contribution < -0.4 is 5.32 Å². The van der Waals surface area contributed by atoms with E-state index in [4.69, 9.17) is 5.10 Å². The van der Waals surface area contributed by atoms with Crippen molar-refractivity contribution < 1.29 is 0 Å². The first-order valence-electron chi connectivity index (χ1n) is 7.48. The first-order chi connectivity index (χ1) is 8.67. The van der Waals surface area contributed by atoms with E-state index in [-0.39, 0.29) is 5.54 Å². The zero-order valence-electron chi connectivity index (χ0n) is 13.5. The third kappa shape index (κ3) is 2.45. The Morgan fingerprint density at radius 1 is 1.42 bits per heavy atom. The fourth-order valence-electron chi connectivity index (χ4n) is 3.21. The zero-order valence-corrected chi connectivity index (χ0v) is 13.5. The van der Waals surface area contributed by atoms with Gasteiger partial charge in [-0.25, -0.2) is 0 Å². The lowest BCUT2D eigenvalue weighted by Gasteiger charge is -2.52. The van der Waals surface area contributed by atoms with Crippen LogP contribution >= 0.6 is 0 Å². The number of nitrogens with one attached hydrogen (secondary N) is 1. The van der Waals surface area contributed by atoms with Gasteiger partial charge in [0, 0.05) is 12.2 Å². The molecule has 1 N–H and O–H groups in total. The van der Waals surface area contributed by atoms with Gasteiger partial charge in [0.1, 0.15) is 0 Å². The largest absolute Gasteiger partial charge is 0.314 e. The van der Waals surface area contributed by atoms with Crippen molar-refractivity contribution in [2.24, 2.45) is 5.41 Å². The number of hydrogen-bond acceptors (Lipinski definition) is 2. The van der Waals surface area contributed by atoms with Crippen LogP contribution in [0.1, 0.15) is 65.1 Å². The molecule has 0 radical (unpaired) electrons. The van der Waals surface area contributed by atoms with Crippen LogP contribution in [-0.2, 0) is 5.54 Å². The molecule has 1 fully saturated rings. The average Bonchev–Trinajstić information content (AvgIpc) is 2.65. The van der Waals surface area contributed by atoms with E-state index in [1.54, 1.807) is 0 Å². The maximum Gasteiger partial charge on any atom is 0.0628 e. The summed E-state index contributed by atoms with van der Waals surface area (Å²) in [6, 6.07) is 0.639. The van der Waals surface area contributed by atoms with Gasteiger partial charge in [-0.3, -0.25) is 4.68 Å². The van der Waals surface area contributed by atoms with Crippen molar-refractivity contribution in [3.05, 3.63) is 17.5 Å². The van der Waals surface area contributed by atoms with Gasteiger partial charge < -0.3 is 5.32 Å². The van der Waals surface area contributed by atoms with Crippen molar-refractivity contribution in [2.75, 3.05) is 6.54 Å². The van der Waals surface area contributed by atoms with Gasteiger partial charge >= 0.3 is 0 Å². The Balaban J connectivity index is 2.23. The number of aromatic nitrogens is 2. The van der Waals surface area contributed by atoms with E-state index in [0.717, 1.165) is 6.54 Å². The summed E-state index contributed by atoms with van der Waals surface area (Å²) >= 11 is 0. The summed E-state index contributed by atoms with van der Waals surface area (Å²) in [5, 5.41) is 8.32. The number of hydrogen-bond donors (Lipinski definition) is 1. The van der Waals surface area contributed by atoms with E-state index in [1.165, 1.54) is 17.7 Å². The normalized spacial score (nSPS) is 26.3. The Bertz CT molecular complexity index is 451. The Kier molecular flexibility index (Phi) is 3.54. The predicted molar refractivity (Wildman–Crippen MR) is 80.6 cm³/mol. The van der Waals surface area contributed by atoms with E-state index in [0.29, 0.717) is 17.4 Å². The molecule has 0 spiro atoms. The van der Waals surface area contributed by atoms with E-state index in [9.17, 15) is 0 Å². The molecule has 3 heteroatoms. The van der Waals surface area contributed by atoms with Crippen molar-refractivity contribution in [3.63, 3.8) is 0 Å². The minimum Gasteiger partial charge on any atom is -0.314 e. The minimum atomic E-state index is 0.0674. The van der Waals surface area contributed by atoms with Crippen LogP contribution in [0, 0.1) is 12.3 Å². The molecule has 0 aromatic carbocycles. The third-order valence-corrected chi connectivity index (χ3v) is 4.72. The molecular formula is C16H29N3. The topological polar surface area (TPSA) is 29.9 Å². The Morgan fingerprint density at radius 3 is 2.47 bits per heavy atom. The molecular weight excluding hydrogens is 234 g/mol. The highest BCUT2D eigenvalue weighted by atomic mass is 15.3. The summed E-state index contributed by atoms with van der Waals surface area (Å²) in [4.78, 5) is 0. The molecule has 1 aliphatic carbocycles. The van der Waals surface area contributed by atoms with Crippen LogP contribution in [0.3, 0.4) is 0 Å². The smallest absolute Gasteiger partial charge is 0.0628 e. The molecule has 1 aromatic rings. The zero-order chi connectivity index (χ0) is 14.4. The molecule has 19 heavy (non-hydrogen) atoms. The van der Waals surface area contributed by atoms with E-state index < -0.39 is 0 Å². The van der Waals surface area contributed by atoms with E-state index in [1.807, 2.05) is 0 Å². The van der Waals surface area contributed by atoms with Crippen LogP contribution in [0.5, 0.6) is 0 Å². The molecule has 0 aliphatic heterocycles. The summed E-state index contributed by atoms with van der Waals surface area (Å²) in [5.41, 5.74) is 3.03. The molecule has 2 unspecified atom stereocenters. The lowest BCUT2D eigenvalue weighted by molar-refractivity contribution is 0.0701. The molecule has 1 aromatic heterocycles. The first-order valence-corrected chi connectivity index (χ1v) is 7.48. The Hall–Kier alpha value is -0.830. The Morgan fingerprint density at radius 2 is 2.05 bits per heavy atom. The second-order valence-corrected chi connectivity index (χ2v) is 7.51. The lowest BCUT2D eigenvalue weighted by atomic mass is 9.56. The fourth-order valence-corrected chi connectivity index (χ4v) is 3.21. The summed E-state index contributed by atoms with van der Waals surface area (Å²) in [5.74, 6) is 0.632. The van der Waals surface area contributed by atoms with Crippen molar-refractivity contribution in [2.45, 2.75) is 72.4 Å². The SMILES string of the molecule is CCNC1CC(c2cn(C(C)(C)C)nc2C)C1(C)C. The second-order valence-electron chi connectivity index (χ2n) is 7.51. The molecule has 1 saturated carbocycles. The lowest BCUT2D eigenvalue weighted by Crippen LogP contribution is -2.55. The van der Waals surface area contributed by atoms with Gasteiger partial charge in [0.2, 0.25) is 0 Å². The highest BCUT2D eigenvalue weighted by Gasteiger charge is 2.49. The third-order valence-electron chi connectivity index (χ3n) is 4.72. The number of aryl methyl sites for hydroxylation is 1. The molecule has 108 valence electrons. The predicted octanol–water partition coefficient (Wildman–Crippen LogP) is 3.44. The summed E-state index contributed by atoms with van der Waals surface area (Å²) in [7, 11) is 0. The van der Waals surface area contributed by atoms with E-state index >= 15 is 0 Å². The minimum absolute atomic E-state index is 0.0674. The fraction of sp³-hybridized carbons (Fsp3) is 0.812. The van der Waals surface area contributed by atoms with Gasteiger partial charge in [-0.05, 0) is 57.6 Å². The van der Waals surface area contributed by atoms with Crippen molar-refractivity contribution in [3.8, 4) is 0 Å².